The van der Waals surface area contributed by atoms with Gasteiger partial charge in [-0.25, -0.2) is 4.98 Å². The van der Waals surface area contributed by atoms with E-state index in [0.29, 0.717) is 17.9 Å². The number of nitrogens with zero attached hydrogens (tertiary/aromatic N) is 6. The van der Waals surface area contributed by atoms with Crippen LogP contribution in [0.3, 0.4) is 0 Å². The fourth-order valence-corrected chi connectivity index (χ4v) is 4.65. The van der Waals surface area contributed by atoms with Crippen LogP contribution in [0.25, 0.3) is 5.65 Å². The van der Waals surface area contributed by atoms with Crippen LogP contribution < -0.4 is 5.56 Å². The molecule has 0 bridgehead atoms. The first-order valence-corrected chi connectivity index (χ1v) is 11.7. The van der Waals surface area contributed by atoms with Gasteiger partial charge in [0.25, 0.3) is 5.56 Å². The Hall–Kier alpha value is -2.97. The summed E-state index contributed by atoms with van der Waals surface area (Å²) in [7, 11) is 4.13. The van der Waals surface area contributed by atoms with E-state index in [1.54, 1.807) is 28.4 Å². The monoisotopic (exact) mass is 448 g/mol. The van der Waals surface area contributed by atoms with Crippen molar-refractivity contribution < 1.29 is 0 Å². The molecule has 7 nitrogen and oxygen atoms in total. The SMILES string of the molecule is CC[C@H](c1nnc(SCc2cc(=O)n3ccc(C)cc3n2)n1Cc1ccccc1)N(C)C. The minimum atomic E-state index is -0.0734. The van der Waals surface area contributed by atoms with Gasteiger partial charge in [0, 0.05) is 18.0 Å². The normalized spacial score (nSPS) is 12.5. The number of fused-ring (bicyclic) bond motifs is 1. The number of rotatable bonds is 8. The van der Waals surface area contributed by atoms with Crippen molar-refractivity contribution in [1.82, 2.24) is 29.0 Å². The molecule has 0 unspecified atom stereocenters. The molecule has 0 amide bonds. The van der Waals surface area contributed by atoms with Crippen molar-refractivity contribution in [2.45, 2.75) is 43.8 Å². The van der Waals surface area contributed by atoms with E-state index in [-0.39, 0.29) is 11.6 Å². The molecule has 3 heterocycles. The Balaban J connectivity index is 1.65. The maximum atomic E-state index is 12.5. The second kappa shape index (κ2) is 9.67. The fourth-order valence-electron chi connectivity index (χ4n) is 3.81. The first-order chi connectivity index (χ1) is 15.5. The third kappa shape index (κ3) is 4.76. The molecule has 3 aromatic heterocycles. The number of aryl methyl sites for hydroxylation is 1. The van der Waals surface area contributed by atoms with Crippen molar-refractivity contribution >= 4 is 17.4 Å². The van der Waals surface area contributed by atoms with Gasteiger partial charge in [0.2, 0.25) is 0 Å². The highest BCUT2D eigenvalue weighted by Gasteiger charge is 2.22. The number of aromatic nitrogens is 5. The summed E-state index contributed by atoms with van der Waals surface area (Å²) in [5, 5.41) is 9.91. The van der Waals surface area contributed by atoms with Crippen LogP contribution in [-0.2, 0) is 12.3 Å². The molecule has 166 valence electrons. The van der Waals surface area contributed by atoms with Crippen molar-refractivity contribution in [1.29, 1.82) is 0 Å². The standard InChI is InChI=1S/C24H28N6OS/c1-5-20(28(3)4)23-26-27-24(30(23)15-18-9-7-6-8-10-18)32-16-19-14-22(31)29-12-11-17(2)13-21(29)25-19/h6-14,20H,5,15-16H2,1-4H3/t20-/m1/s1. The van der Waals surface area contributed by atoms with E-state index in [4.69, 9.17) is 0 Å². The highest BCUT2D eigenvalue weighted by atomic mass is 32.2. The quantitative estimate of drug-likeness (QED) is 0.380. The van der Waals surface area contributed by atoms with Crippen LogP contribution in [0.1, 0.15) is 42.0 Å². The zero-order valence-corrected chi connectivity index (χ0v) is 19.7. The summed E-state index contributed by atoms with van der Waals surface area (Å²) in [5.41, 5.74) is 3.60. The lowest BCUT2D eigenvalue weighted by molar-refractivity contribution is 0.272. The Morgan fingerprint density at radius 1 is 1.09 bits per heavy atom. The van der Waals surface area contributed by atoms with E-state index in [1.807, 2.05) is 37.3 Å². The number of hydrogen-bond donors (Lipinski definition) is 0. The number of benzene rings is 1. The van der Waals surface area contributed by atoms with Gasteiger partial charge in [-0.15, -0.1) is 10.2 Å². The molecule has 0 aliphatic rings. The van der Waals surface area contributed by atoms with Crippen molar-refractivity contribution in [2.75, 3.05) is 14.1 Å². The molecule has 0 saturated carbocycles. The van der Waals surface area contributed by atoms with Gasteiger partial charge in [-0.3, -0.25) is 14.1 Å². The summed E-state index contributed by atoms with van der Waals surface area (Å²) in [4.78, 5) is 19.4. The molecule has 0 aliphatic heterocycles. The number of pyridine rings is 1. The molecular weight excluding hydrogens is 420 g/mol. The Labute approximate surface area is 192 Å². The van der Waals surface area contributed by atoms with E-state index in [0.717, 1.165) is 28.7 Å². The molecular formula is C24H28N6OS. The molecule has 1 atom stereocenters. The largest absolute Gasteiger partial charge is 0.300 e. The van der Waals surface area contributed by atoms with Crippen molar-refractivity contribution in [3.63, 3.8) is 0 Å². The van der Waals surface area contributed by atoms with Crippen molar-refractivity contribution in [3.05, 3.63) is 87.7 Å². The topological polar surface area (TPSA) is 68.3 Å². The second-order valence-corrected chi connectivity index (χ2v) is 9.05. The Morgan fingerprint density at radius 3 is 2.59 bits per heavy atom. The Morgan fingerprint density at radius 2 is 1.88 bits per heavy atom. The molecule has 0 N–H and O–H groups in total. The van der Waals surface area contributed by atoms with E-state index < -0.39 is 0 Å². The molecule has 1 aromatic carbocycles. The lowest BCUT2D eigenvalue weighted by Crippen LogP contribution is -2.23. The van der Waals surface area contributed by atoms with Crippen LogP contribution >= 0.6 is 11.8 Å². The van der Waals surface area contributed by atoms with Crippen LogP contribution in [0.2, 0.25) is 0 Å². The van der Waals surface area contributed by atoms with E-state index >= 15 is 0 Å². The zero-order valence-electron chi connectivity index (χ0n) is 18.9. The third-order valence-corrected chi connectivity index (χ3v) is 6.46. The van der Waals surface area contributed by atoms with Crippen LogP contribution in [0.5, 0.6) is 0 Å². The lowest BCUT2D eigenvalue weighted by atomic mass is 10.2. The van der Waals surface area contributed by atoms with Gasteiger partial charge in [0.1, 0.15) is 5.65 Å². The Bertz CT molecular complexity index is 1260. The van der Waals surface area contributed by atoms with E-state index in [1.165, 1.54) is 5.56 Å². The Kier molecular flexibility index (Phi) is 6.72. The minimum absolute atomic E-state index is 0.0734. The molecule has 0 saturated heterocycles. The first kappa shape index (κ1) is 22.2. The molecule has 32 heavy (non-hydrogen) atoms. The van der Waals surface area contributed by atoms with Crippen LogP contribution in [-0.4, -0.2) is 43.1 Å². The summed E-state index contributed by atoms with van der Waals surface area (Å²) in [6, 6.07) is 15.9. The first-order valence-electron chi connectivity index (χ1n) is 10.7. The molecule has 0 spiro atoms. The fraction of sp³-hybridized carbons (Fsp3) is 0.333. The predicted molar refractivity (Wildman–Crippen MR) is 128 cm³/mol. The second-order valence-electron chi connectivity index (χ2n) is 8.11. The lowest BCUT2D eigenvalue weighted by Gasteiger charge is -2.23. The maximum absolute atomic E-state index is 12.5. The van der Waals surface area contributed by atoms with Gasteiger partial charge in [-0.2, -0.15) is 0 Å². The van der Waals surface area contributed by atoms with E-state index in [9.17, 15) is 4.79 Å². The van der Waals surface area contributed by atoms with Gasteiger partial charge in [-0.05, 0) is 50.7 Å². The summed E-state index contributed by atoms with van der Waals surface area (Å²) in [5.74, 6) is 1.50. The summed E-state index contributed by atoms with van der Waals surface area (Å²) >= 11 is 1.56. The zero-order chi connectivity index (χ0) is 22.7. The average molecular weight is 449 g/mol. The predicted octanol–water partition coefficient (Wildman–Crippen LogP) is 3.95. The van der Waals surface area contributed by atoms with Crippen LogP contribution in [0.15, 0.2) is 64.7 Å². The molecule has 0 radical (unpaired) electrons. The van der Waals surface area contributed by atoms with Crippen molar-refractivity contribution in [2.24, 2.45) is 0 Å². The summed E-state index contributed by atoms with van der Waals surface area (Å²) in [6.45, 7) is 4.85. The molecule has 0 aliphatic carbocycles. The molecule has 0 fully saturated rings. The minimum Gasteiger partial charge on any atom is -0.300 e. The molecule has 4 rings (SSSR count). The van der Waals surface area contributed by atoms with Crippen molar-refractivity contribution in [3.8, 4) is 0 Å². The summed E-state index contributed by atoms with van der Waals surface area (Å²) < 4.78 is 3.76. The number of thioether (sulfide) groups is 1. The smallest absolute Gasteiger partial charge is 0.258 e. The van der Waals surface area contributed by atoms with Gasteiger partial charge in [0.05, 0.1) is 18.3 Å². The van der Waals surface area contributed by atoms with Crippen LogP contribution in [0.4, 0.5) is 0 Å². The number of hydrogen-bond acceptors (Lipinski definition) is 6. The summed E-state index contributed by atoms with van der Waals surface area (Å²) in [6.07, 6.45) is 2.71. The molecule has 4 aromatic rings. The van der Waals surface area contributed by atoms with E-state index in [2.05, 4.69) is 57.8 Å². The maximum Gasteiger partial charge on any atom is 0.258 e. The van der Waals surface area contributed by atoms with Gasteiger partial charge in [-0.1, -0.05) is 49.0 Å². The average Bonchev–Trinajstić information content (AvgIpc) is 3.15. The third-order valence-electron chi connectivity index (χ3n) is 5.46. The van der Waals surface area contributed by atoms with Crippen LogP contribution in [0, 0.1) is 6.92 Å². The van der Waals surface area contributed by atoms with Gasteiger partial charge >= 0.3 is 0 Å². The van der Waals surface area contributed by atoms with Gasteiger partial charge < -0.3 is 4.57 Å². The highest BCUT2D eigenvalue weighted by Crippen LogP contribution is 2.27. The molecule has 8 heteroatoms. The highest BCUT2D eigenvalue weighted by molar-refractivity contribution is 7.98. The van der Waals surface area contributed by atoms with Gasteiger partial charge in [0.15, 0.2) is 11.0 Å².